The topological polar surface area (TPSA) is 52.2 Å². The number of benzene rings is 1. The lowest BCUT2D eigenvalue weighted by atomic mass is 10.1. The molecule has 0 unspecified atom stereocenters. The summed E-state index contributed by atoms with van der Waals surface area (Å²) in [5.41, 5.74) is 4.79. The van der Waals surface area contributed by atoms with Crippen molar-refractivity contribution in [1.82, 2.24) is 14.9 Å². The minimum atomic E-state index is -0.0530. The van der Waals surface area contributed by atoms with Crippen molar-refractivity contribution in [2.45, 2.75) is 40.2 Å². The van der Waals surface area contributed by atoms with Crippen molar-refractivity contribution in [3.63, 3.8) is 0 Å². The van der Waals surface area contributed by atoms with Crippen LogP contribution in [0.1, 0.15) is 42.4 Å². The van der Waals surface area contributed by atoms with Crippen molar-refractivity contribution in [2.75, 3.05) is 31.1 Å². The lowest BCUT2D eigenvalue weighted by molar-refractivity contribution is 0.246. The standard InChI is InChI=1S/C20H28N4O/c1-14(2)20-21-17(12-19(25)22-20)13-23-7-9-24(10-8-23)18-11-15(3)5-6-16(18)4/h5-6,11-12,14H,7-10,13H2,1-4H3,(H,21,22,25). The molecule has 1 fully saturated rings. The largest absolute Gasteiger partial charge is 0.369 e. The molecule has 0 spiro atoms. The highest BCUT2D eigenvalue weighted by Crippen LogP contribution is 2.23. The predicted molar refractivity (Wildman–Crippen MR) is 102 cm³/mol. The maximum atomic E-state index is 11.8. The molecular formula is C20H28N4O. The summed E-state index contributed by atoms with van der Waals surface area (Å²) in [7, 11) is 0. The summed E-state index contributed by atoms with van der Waals surface area (Å²) < 4.78 is 0. The first-order chi connectivity index (χ1) is 11.9. The fourth-order valence-electron chi connectivity index (χ4n) is 3.32. The molecule has 1 aliphatic rings. The molecule has 134 valence electrons. The average Bonchev–Trinajstić information content (AvgIpc) is 2.57. The number of aryl methyl sites for hydroxylation is 2. The van der Waals surface area contributed by atoms with Crippen molar-refractivity contribution < 1.29 is 0 Å². The van der Waals surface area contributed by atoms with E-state index in [0.29, 0.717) is 0 Å². The Kier molecular flexibility index (Phi) is 5.23. The highest BCUT2D eigenvalue weighted by molar-refractivity contribution is 5.55. The van der Waals surface area contributed by atoms with Crippen LogP contribution in [-0.4, -0.2) is 41.0 Å². The molecular weight excluding hydrogens is 312 g/mol. The van der Waals surface area contributed by atoms with Gasteiger partial charge in [-0.1, -0.05) is 26.0 Å². The monoisotopic (exact) mass is 340 g/mol. The predicted octanol–water partition coefficient (Wildman–Crippen LogP) is 2.83. The van der Waals surface area contributed by atoms with Crippen molar-refractivity contribution in [2.24, 2.45) is 0 Å². The fourth-order valence-corrected chi connectivity index (χ4v) is 3.32. The highest BCUT2D eigenvalue weighted by atomic mass is 16.1. The maximum absolute atomic E-state index is 11.8. The molecule has 25 heavy (non-hydrogen) atoms. The van der Waals surface area contributed by atoms with Crippen LogP contribution < -0.4 is 10.5 Å². The molecule has 5 heteroatoms. The number of anilines is 1. The minimum absolute atomic E-state index is 0.0530. The molecule has 2 aromatic rings. The first kappa shape index (κ1) is 17.7. The van der Waals surface area contributed by atoms with Gasteiger partial charge in [-0.25, -0.2) is 4.98 Å². The molecule has 0 amide bonds. The fraction of sp³-hybridized carbons (Fsp3) is 0.500. The number of rotatable bonds is 4. The van der Waals surface area contributed by atoms with E-state index in [-0.39, 0.29) is 11.5 Å². The summed E-state index contributed by atoms with van der Waals surface area (Å²) in [6.07, 6.45) is 0. The smallest absolute Gasteiger partial charge is 0.251 e. The van der Waals surface area contributed by atoms with E-state index < -0.39 is 0 Å². The normalized spacial score (nSPS) is 15.8. The van der Waals surface area contributed by atoms with Gasteiger partial charge in [-0.3, -0.25) is 9.69 Å². The number of H-pyrrole nitrogens is 1. The number of hydrogen-bond donors (Lipinski definition) is 1. The Hall–Kier alpha value is -2.14. The van der Waals surface area contributed by atoms with Gasteiger partial charge in [0, 0.05) is 50.4 Å². The van der Waals surface area contributed by atoms with E-state index in [1.54, 1.807) is 6.07 Å². The van der Waals surface area contributed by atoms with Crippen LogP contribution in [0.4, 0.5) is 5.69 Å². The quantitative estimate of drug-likeness (QED) is 0.930. The van der Waals surface area contributed by atoms with Gasteiger partial charge < -0.3 is 9.88 Å². The third kappa shape index (κ3) is 4.28. The van der Waals surface area contributed by atoms with E-state index in [4.69, 9.17) is 0 Å². The van der Waals surface area contributed by atoms with Crippen LogP contribution in [0.5, 0.6) is 0 Å². The van der Waals surface area contributed by atoms with E-state index in [0.717, 1.165) is 44.2 Å². The average molecular weight is 340 g/mol. The molecule has 1 aromatic carbocycles. The van der Waals surface area contributed by atoms with Gasteiger partial charge in [-0.15, -0.1) is 0 Å². The Labute approximate surface area is 149 Å². The van der Waals surface area contributed by atoms with Gasteiger partial charge in [0.25, 0.3) is 5.56 Å². The SMILES string of the molecule is Cc1ccc(C)c(N2CCN(Cc3cc(=O)[nH]c(C(C)C)n3)CC2)c1. The molecule has 2 heterocycles. The minimum Gasteiger partial charge on any atom is -0.369 e. The number of nitrogens with zero attached hydrogens (tertiary/aromatic N) is 3. The summed E-state index contributed by atoms with van der Waals surface area (Å²) in [4.78, 5) is 24.1. The third-order valence-electron chi connectivity index (χ3n) is 4.82. The number of aromatic nitrogens is 2. The van der Waals surface area contributed by atoms with E-state index >= 15 is 0 Å². The van der Waals surface area contributed by atoms with Gasteiger partial charge in [-0.05, 0) is 31.0 Å². The van der Waals surface area contributed by atoms with Gasteiger partial charge in [0.1, 0.15) is 5.82 Å². The van der Waals surface area contributed by atoms with Crippen molar-refractivity contribution in [1.29, 1.82) is 0 Å². The summed E-state index contributed by atoms with van der Waals surface area (Å²) in [5, 5.41) is 0. The van der Waals surface area contributed by atoms with Gasteiger partial charge in [0.2, 0.25) is 0 Å². The zero-order valence-corrected chi connectivity index (χ0v) is 15.7. The van der Waals surface area contributed by atoms with E-state index in [1.165, 1.54) is 16.8 Å². The van der Waals surface area contributed by atoms with Crippen LogP contribution in [0.25, 0.3) is 0 Å². The van der Waals surface area contributed by atoms with Crippen molar-refractivity contribution in [3.8, 4) is 0 Å². The van der Waals surface area contributed by atoms with Crippen molar-refractivity contribution in [3.05, 3.63) is 57.3 Å². The maximum Gasteiger partial charge on any atom is 0.251 e. The number of aromatic amines is 1. The molecule has 1 aromatic heterocycles. The van der Waals surface area contributed by atoms with Gasteiger partial charge in [0.15, 0.2) is 0 Å². The van der Waals surface area contributed by atoms with Crippen molar-refractivity contribution >= 4 is 5.69 Å². The second kappa shape index (κ2) is 7.40. The highest BCUT2D eigenvalue weighted by Gasteiger charge is 2.19. The van der Waals surface area contributed by atoms with Crippen LogP contribution >= 0.6 is 0 Å². The molecule has 0 saturated carbocycles. The number of piperazine rings is 1. The summed E-state index contributed by atoms with van der Waals surface area (Å²) in [6, 6.07) is 8.27. The Morgan fingerprint density at radius 1 is 1.12 bits per heavy atom. The second-order valence-electron chi connectivity index (χ2n) is 7.33. The zero-order valence-electron chi connectivity index (χ0n) is 15.7. The molecule has 0 aliphatic carbocycles. The van der Waals surface area contributed by atoms with Gasteiger partial charge >= 0.3 is 0 Å². The van der Waals surface area contributed by atoms with Crippen LogP contribution in [0.15, 0.2) is 29.1 Å². The lowest BCUT2D eigenvalue weighted by Crippen LogP contribution is -2.46. The molecule has 3 rings (SSSR count). The Balaban J connectivity index is 1.65. The molecule has 1 aliphatic heterocycles. The number of hydrogen-bond acceptors (Lipinski definition) is 4. The van der Waals surface area contributed by atoms with Gasteiger partial charge in [-0.2, -0.15) is 0 Å². The van der Waals surface area contributed by atoms with Crippen LogP contribution in [0.3, 0.4) is 0 Å². The molecule has 0 atom stereocenters. The van der Waals surface area contributed by atoms with E-state index in [9.17, 15) is 4.79 Å². The summed E-state index contributed by atoms with van der Waals surface area (Å²) in [5.74, 6) is 1.00. The van der Waals surface area contributed by atoms with Crippen LogP contribution in [-0.2, 0) is 6.54 Å². The Bertz CT molecular complexity index is 789. The summed E-state index contributed by atoms with van der Waals surface area (Å²) >= 11 is 0. The Morgan fingerprint density at radius 2 is 1.84 bits per heavy atom. The molecule has 0 radical (unpaired) electrons. The second-order valence-corrected chi connectivity index (χ2v) is 7.33. The molecule has 1 N–H and O–H groups in total. The number of nitrogens with one attached hydrogen (secondary N) is 1. The Morgan fingerprint density at radius 3 is 2.52 bits per heavy atom. The molecule has 1 saturated heterocycles. The van der Waals surface area contributed by atoms with E-state index in [2.05, 4.69) is 51.8 Å². The lowest BCUT2D eigenvalue weighted by Gasteiger charge is -2.36. The zero-order chi connectivity index (χ0) is 18.0. The first-order valence-electron chi connectivity index (χ1n) is 9.07. The molecule has 0 bridgehead atoms. The third-order valence-corrected chi connectivity index (χ3v) is 4.82. The van der Waals surface area contributed by atoms with Gasteiger partial charge in [0.05, 0.1) is 5.69 Å². The summed E-state index contributed by atoms with van der Waals surface area (Å²) in [6.45, 7) is 13.1. The first-order valence-corrected chi connectivity index (χ1v) is 9.07. The van der Waals surface area contributed by atoms with E-state index in [1.807, 2.05) is 13.8 Å². The molecule has 5 nitrogen and oxygen atoms in total. The van der Waals surface area contributed by atoms with Crippen LogP contribution in [0.2, 0.25) is 0 Å². The van der Waals surface area contributed by atoms with Crippen LogP contribution in [0, 0.1) is 13.8 Å².